The first-order chi connectivity index (χ1) is 11.5. The molecule has 2 heterocycles. The summed E-state index contributed by atoms with van der Waals surface area (Å²) in [6.07, 6.45) is 2.08. The molecule has 0 saturated carbocycles. The Kier molecular flexibility index (Phi) is 4.89. The average Bonchev–Trinajstić information content (AvgIpc) is 3.16. The zero-order valence-electron chi connectivity index (χ0n) is 14.3. The fourth-order valence-corrected chi connectivity index (χ4v) is 3.38. The highest BCUT2D eigenvalue weighted by atomic mass is 16.2. The first-order valence-electron chi connectivity index (χ1n) is 8.42. The molecule has 0 bridgehead atoms. The van der Waals surface area contributed by atoms with Crippen molar-refractivity contribution in [1.29, 1.82) is 0 Å². The quantitative estimate of drug-likeness (QED) is 0.884. The summed E-state index contributed by atoms with van der Waals surface area (Å²) < 4.78 is 0. The van der Waals surface area contributed by atoms with Gasteiger partial charge in [0.25, 0.3) is 0 Å². The predicted octanol–water partition coefficient (Wildman–Crippen LogP) is 1.77. The van der Waals surface area contributed by atoms with Gasteiger partial charge in [-0.05, 0) is 45.1 Å². The van der Waals surface area contributed by atoms with Crippen molar-refractivity contribution in [2.24, 2.45) is 0 Å². The Labute approximate surface area is 142 Å². The summed E-state index contributed by atoms with van der Waals surface area (Å²) in [5.41, 5.74) is 1.52. The highest BCUT2D eigenvalue weighted by Gasteiger charge is 2.29. The number of nitrogens with zero attached hydrogens (tertiary/aromatic N) is 3. The molecule has 0 radical (unpaired) electrons. The van der Waals surface area contributed by atoms with Crippen LogP contribution in [0.2, 0.25) is 0 Å². The van der Waals surface area contributed by atoms with E-state index in [0.717, 1.165) is 31.6 Å². The SMILES string of the molecule is CN(C)CC1CCCN1C(=O)Nc1cccc(N2CCNC2=O)c1. The highest BCUT2D eigenvalue weighted by molar-refractivity contribution is 5.95. The Hall–Kier alpha value is -2.28. The summed E-state index contributed by atoms with van der Waals surface area (Å²) in [6, 6.07) is 7.54. The molecule has 1 aromatic rings. The van der Waals surface area contributed by atoms with Crippen LogP contribution in [0.5, 0.6) is 0 Å². The van der Waals surface area contributed by atoms with Crippen molar-refractivity contribution >= 4 is 23.4 Å². The van der Waals surface area contributed by atoms with Gasteiger partial charge in [-0.15, -0.1) is 0 Å². The number of benzene rings is 1. The van der Waals surface area contributed by atoms with E-state index in [9.17, 15) is 9.59 Å². The second-order valence-corrected chi connectivity index (χ2v) is 6.62. The number of urea groups is 2. The van der Waals surface area contributed by atoms with E-state index in [2.05, 4.69) is 15.5 Å². The monoisotopic (exact) mass is 331 g/mol. The fourth-order valence-electron chi connectivity index (χ4n) is 3.38. The van der Waals surface area contributed by atoms with Crippen LogP contribution in [0.1, 0.15) is 12.8 Å². The maximum atomic E-state index is 12.6. The van der Waals surface area contributed by atoms with E-state index < -0.39 is 0 Å². The second kappa shape index (κ2) is 7.09. The van der Waals surface area contributed by atoms with Crippen LogP contribution in [0.15, 0.2) is 24.3 Å². The lowest BCUT2D eigenvalue weighted by Gasteiger charge is -2.27. The molecule has 0 spiro atoms. The Balaban J connectivity index is 1.67. The Morgan fingerprint density at radius 2 is 2.21 bits per heavy atom. The number of carbonyl (C=O) groups is 2. The summed E-state index contributed by atoms with van der Waals surface area (Å²) in [6.45, 7) is 2.96. The van der Waals surface area contributed by atoms with Gasteiger partial charge in [-0.3, -0.25) is 4.90 Å². The van der Waals surface area contributed by atoms with Gasteiger partial charge in [0.1, 0.15) is 0 Å². The fraction of sp³-hybridized carbons (Fsp3) is 0.529. The van der Waals surface area contributed by atoms with Crippen LogP contribution >= 0.6 is 0 Å². The standard InChI is InChI=1S/C17H25N5O2/c1-20(2)12-15-7-4-9-21(15)17(24)19-13-5-3-6-14(11-13)22-10-8-18-16(22)23/h3,5-6,11,15H,4,7-10,12H2,1-2H3,(H,18,23)(H,19,24). The minimum absolute atomic E-state index is 0.0672. The van der Waals surface area contributed by atoms with E-state index in [1.54, 1.807) is 4.90 Å². The first kappa shape index (κ1) is 16.6. The molecule has 2 N–H and O–H groups in total. The second-order valence-electron chi connectivity index (χ2n) is 6.62. The van der Waals surface area contributed by atoms with Crippen LogP contribution in [-0.2, 0) is 0 Å². The van der Waals surface area contributed by atoms with Crippen LogP contribution in [0, 0.1) is 0 Å². The van der Waals surface area contributed by atoms with E-state index in [-0.39, 0.29) is 18.1 Å². The van der Waals surface area contributed by atoms with Gasteiger partial charge >= 0.3 is 12.1 Å². The van der Waals surface area contributed by atoms with E-state index in [4.69, 9.17) is 0 Å². The van der Waals surface area contributed by atoms with Crippen LogP contribution in [0.3, 0.4) is 0 Å². The molecule has 7 nitrogen and oxygen atoms in total. The zero-order chi connectivity index (χ0) is 17.1. The Bertz CT molecular complexity index is 619. The lowest BCUT2D eigenvalue weighted by Crippen LogP contribution is -2.43. The molecule has 3 rings (SSSR count). The van der Waals surface area contributed by atoms with Crippen molar-refractivity contribution in [2.45, 2.75) is 18.9 Å². The zero-order valence-corrected chi connectivity index (χ0v) is 14.3. The number of likely N-dealkylation sites (tertiary alicyclic amines) is 1. The van der Waals surface area contributed by atoms with Crippen molar-refractivity contribution in [2.75, 3.05) is 50.5 Å². The van der Waals surface area contributed by atoms with E-state index >= 15 is 0 Å². The van der Waals surface area contributed by atoms with Crippen LogP contribution < -0.4 is 15.5 Å². The number of likely N-dealkylation sites (N-methyl/N-ethyl adjacent to an activating group) is 1. The topological polar surface area (TPSA) is 67.9 Å². The molecule has 0 aromatic heterocycles. The maximum absolute atomic E-state index is 12.6. The summed E-state index contributed by atoms with van der Waals surface area (Å²) in [5, 5.41) is 5.76. The Morgan fingerprint density at radius 3 is 2.92 bits per heavy atom. The van der Waals surface area contributed by atoms with E-state index in [1.165, 1.54) is 0 Å². The summed E-state index contributed by atoms with van der Waals surface area (Å²) >= 11 is 0. The average molecular weight is 331 g/mol. The number of rotatable bonds is 4. The van der Waals surface area contributed by atoms with Gasteiger partial charge in [0.05, 0.1) is 0 Å². The van der Waals surface area contributed by atoms with Crippen molar-refractivity contribution in [3.8, 4) is 0 Å². The largest absolute Gasteiger partial charge is 0.336 e. The summed E-state index contributed by atoms with van der Waals surface area (Å²) in [7, 11) is 4.05. The first-order valence-corrected chi connectivity index (χ1v) is 8.42. The molecule has 130 valence electrons. The van der Waals surface area contributed by atoms with Gasteiger partial charge < -0.3 is 20.4 Å². The third kappa shape index (κ3) is 3.62. The van der Waals surface area contributed by atoms with Crippen LogP contribution in [0.25, 0.3) is 0 Å². The molecule has 7 heteroatoms. The van der Waals surface area contributed by atoms with Crippen molar-refractivity contribution in [3.63, 3.8) is 0 Å². The lowest BCUT2D eigenvalue weighted by atomic mass is 10.2. The molecule has 1 unspecified atom stereocenters. The lowest BCUT2D eigenvalue weighted by molar-refractivity contribution is 0.193. The molecule has 1 aromatic carbocycles. The van der Waals surface area contributed by atoms with Crippen LogP contribution in [-0.4, -0.2) is 68.2 Å². The number of carbonyl (C=O) groups excluding carboxylic acids is 2. The molecule has 1 atom stereocenters. The molecule has 2 fully saturated rings. The van der Waals surface area contributed by atoms with Gasteiger partial charge in [0.15, 0.2) is 0 Å². The number of nitrogens with one attached hydrogen (secondary N) is 2. The minimum atomic E-state index is -0.0935. The maximum Gasteiger partial charge on any atom is 0.322 e. The highest BCUT2D eigenvalue weighted by Crippen LogP contribution is 2.23. The molecular formula is C17H25N5O2. The molecule has 2 aliphatic rings. The van der Waals surface area contributed by atoms with Gasteiger partial charge in [0.2, 0.25) is 0 Å². The van der Waals surface area contributed by atoms with E-state index in [1.807, 2.05) is 43.3 Å². The van der Waals surface area contributed by atoms with Gasteiger partial charge in [-0.1, -0.05) is 6.07 Å². The predicted molar refractivity (Wildman–Crippen MR) is 94.5 cm³/mol. The third-order valence-electron chi connectivity index (χ3n) is 4.48. The van der Waals surface area contributed by atoms with Gasteiger partial charge in [0, 0.05) is 43.6 Å². The molecular weight excluding hydrogens is 306 g/mol. The normalized spacial score (nSPS) is 20.6. The number of amides is 4. The van der Waals surface area contributed by atoms with E-state index in [0.29, 0.717) is 18.8 Å². The molecule has 4 amide bonds. The number of anilines is 2. The third-order valence-corrected chi connectivity index (χ3v) is 4.48. The van der Waals surface area contributed by atoms with Crippen molar-refractivity contribution in [3.05, 3.63) is 24.3 Å². The number of hydrogen-bond acceptors (Lipinski definition) is 3. The summed E-state index contributed by atoms with van der Waals surface area (Å²) in [4.78, 5) is 30.1. The molecule has 24 heavy (non-hydrogen) atoms. The molecule has 0 aliphatic carbocycles. The molecule has 2 aliphatic heterocycles. The molecule has 2 saturated heterocycles. The Morgan fingerprint density at radius 1 is 1.38 bits per heavy atom. The van der Waals surface area contributed by atoms with Gasteiger partial charge in [-0.2, -0.15) is 0 Å². The number of hydrogen-bond donors (Lipinski definition) is 2. The minimum Gasteiger partial charge on any atom is -0.336 e. The van der Waals surface area contributed by atoms with Crippen molar-refractivity contribution in [1.82, 2.24) is 15.1 Å². The van der Waals surface area contributed by atoms with Crippen molar-refractivity contribution < 1.29 is 9.59 Å². The van der Waals surface area contributed by atoms with Gasteiger partial charge in [-0.25, -0.2) is 9.59 Å². The summed E-state index contributed by atoms with van der Waals surface area (Å²) in [5.74, 6) is 0. The van der Waals surface area contributed by atoms with Crippen LogP contribution in [0.4, 0.5) is 21.0 Å². The smallest absolute Gasteiger partial charge is 0.322 e.